The molecule has 0 amide bonds. The molecule has 2 aromatic rings. The van der Waals surface area contributed by atoms with E-state index in [1.165, 1.54) is 48.3 Å². The number of aromatic amines is 1. The zero-order chi connectivity index (χ0) is 13.5. The molecule has 0 unspecified atom stereocenters. The molecule has 2 aliphatic rings. The van der Waals surface area contributed by atoms with Gasteiger partial charge in [0.15, 0.2) is 0 Å². The Hall–Kier alpha value is -1.61. The van der Waals surface area contributed by atoms with Gasteiger partial charge in [-0.2, -0.15) is 5.10 Å². The van der Waals surface area contributed by atoms with Gasteiger partial charge in [0.25, 0.3) is 0 Å². The van der Waals surface area contributed by atoms with Crippen molar-refractivity contribution in [3.63, 3.8) is 0 Å². The Kier molecular flexibility index (Phi) is 2.88. The van der Waals surface area contributed by atoms with Crippen molar-refractivity contribution >= 4 is 0 Å². The molecule has 104 valence electrons. The van der Waals surface area contributed by atoms with E-state index in [0.29, 0.717) is 5.92 Å². The Bertz CT molecular complexity index is 616. The Morgan fingerprint density at radius 2 is 2.20 bits per heavy atom. The lowest BCUT2D eigenvalue weighted by atomic mass is 9.81. The fraction of sp³-hybridized carbons (Fsp3) is 0.471. The first kappa shape index (κ1) is 12.2. The summed E-state index contributed by atoms with van der Waals surface area (Å²) in [6.07, 6.45) is 4.54. The van der Waals surface area contributed by atoms with Crippen molar-refractivity contribution in [2.24, 2.45) is 5.92 Å². The molecule has 0 saturated carbocycles. The van der Waals surface area contributed by atoms with E-state index < -0.39 is 0 Å². The fourth-order valence-electron chi connectivity index (χ4n) is 3.92. The standard InChI is InChI=1S/C17H21N3/c1-12-4-2-3-5-14(12)9-20-10-15-7-6-13-8-18-19-17(13)16(15)11-20/h2-5,8,15-16H,6-7,9-11H2,1H3,(H,18,19)/t15-,16+/m1/s1. The summed E-state index contributed by atoms with van der Waals surface area (Å²) in [6, 6.07) is 8.75. The number of nitrogens with zero attached hydrogens (tertiary/aromatic N) is 2. The number of fused-ring (bicyclic) bond motifs is 3. The van der Waals surface area contributed by atoms with Gasteiger partial charge in [0.05, 0.1) is 6.20 Å². The summed E-state index contributed by atoms with van der Waals surface area (Å²) in [5.74, 6) is 1.48. The Morgan fingerprint density at radius 1 is 1.30 bits per heavy atom. The summed E-state index contributed by atoms with van der Waals surface area (Å²) in [5, 5.41) is 7.49. The van der Waals surface area contributed by atoms with E-state index in [1.807, 2.05) is 6.20 Å². The van der Waals surface area contributed by atoms with E-state index in [2.05, 4.69) is 46.3 Å². The first-order valence-electron chi connectivity index (χ1n) is 7.60. The molecule has 1 fully saturated rings. The van der Waals surface area contributed by atoms with Gasteiger partial charge in [-0.1, -0.05) is 24.3 Å². The molecule has 1 aromatic carbocycles. The molecule has 0 bridgehead atoms. The fourth-order valence-corrected chi connectivity index (χ4v) is 3.92. The van der Waals surface area contributed by atoms with E-state index >= 15 is 0 Å². The highest BCUT2D eigenvalue weighted by Crippen LogP contribution is 2.40. The Balaban J connectivity index is 1.53. The molecule has 1 N–H and O–H groups in total. The van der Waals surface area contributed by atoms with Crippen LogP contribution in [0.4, 0.5) is 0 Å². The van der Waals surface area contributed by atoms with Crippen LogP contribution in [0.25, 0.3) is 0 Å². The minimum absolute atomic E-state index is 0.672. The van der Waals surface area contributed by atoms with Crippen LogP contribution in [0, 0.1) is 12.8 Å². The summed E-state index contributed by atoms with van der Waals surface area (Å²) >= 11 is 0. The smallest absolute Gasteiger partial charge is 0.0522 e. The summed E-state index contributed by atoms with van der Waals surface area (Å²) in [6.45, 7) is 5.71. The summed E-state index contributed by atoms with van der Waals surface area (Å²) in [5.41, 5.74) is 5.73. The maximum absolute atomic E-state index is 4.24. The molecule has 1 aliphatic carbocycles. The van der Waals surface area contributed by atoms with Crippen LogP contribution >= 0.6 is 0 Å². The van der Waals surface area contributed by atoms with Gasteiger partial charge in [-0.3, -0.25) is 10.00 Å². The minimum atomic E-state index is 0.672. The third-order valence-corrected chi connectivity index (χ3v) is 5.08. The van der Waals surface area contributed by atoms with Gasteiger partial charge in [0.1, 0.15) is 0 Å². The Labute approximate surface area is 120 Å². The number of likely N-dealkylation sites (tertiary alicyclic amines) is 1. The number of aryl methyl sites for hydroxylation is 2. The van der Waals surface area contributed by atoms with Crippen LogP contribution < -0.4 is 0 Å². The number of rotatable bonds is 2. The number of benzene rings is 1. The van der Waals surface area contributed by atoms with Crippen LogP contribution in [0.15, 0.2) is 30.5 Å². The average Bonchev–Trinajstić information content (AvgIpc) is 3.06. The zero-order valence-corrected chi connectivity index (χ0v) is 12.0. The highest BCUT2D eigenvalue weighted by Gasteiger charge is 2.38. The number of nitrogens with one attached hydrogen (secondary N) is 1. The second kappa shape index (κ2) is 4.74. The molecule has 0 radical (unpaired) electrons. The van der Waals surface area contributed by atoms with Crippen LogP contribution in [0.1, 0.15) is 34.7 Å². The molecule has 20 heavy (non-hydrogen) atoms. The third kappa shape index (κ3) is 1.97. The maximum atomic E-state index is 4.24. The number of H-pyrrole nitrogens is 1. The van der Waals surface area contributed by atoms with Gasteiger partial charge in [-0.25, -0.2) is 0 Å². The van der Waals surface area contributed by atoms with Crippen molar-refractivity contribution in [3.8, 4) is 0 Å². The lowest BCUT2D eigenvalue weighted by Crippen LogP contribution is -2.20. The lowest BCUT2D eigenvalue weighted by molar-refractivity contribution is 0.313. The molecule has 3 heteroatoms. The minimum Gasteiger partial charge on any atom is -0.298 e. The van der Waals surface area contributed by atoms with Gasteiger partial charge in [0, 0.05) is 31.2 Å². The van der Waals surface area contributed by atoms with E-state index in [-0.39, 0.29) is 0 Å². The molecule has 2 heterocycles. The second-order valence-electron chi connectivity index (χ2n) is 6.33. The van der Waals surface area contributed by atoms with Crippen LogP contribution in [0.3, 0.4) is 0 Å². The maximum Gasteiger partial charge on any atom is 0.0522 e. The predicted molar refractivity (Wildman–Crippen MR) is 79.6 cm³/mol. The van der Waals surface area contributed by atoms with Crippen molar-refractivity contribution in [1.82, 2.24) is 15.1 Å². The van der Waals surface area contributed by atoms with Crippen LogP contribution in [-0.2, 0) is 13.0 Å². The number of hydrogen-bond acceptors (Lipinski definition) is 2. The normalized spacial score (nSPS) is 25.4. The SMILES string of the molecule is Cc1ccccc1CN1C[C@H]2CCc3cn[nH]c3[C@H]2C1. The lowest BCUT2D eigenvalue weighted by Gasteiger charge is -2.23. The molecular formula is C17H21N3. The quantitative estimate of drug-likeness (QED) is 0.907. The summed E-state index contributed by atoms with van der Waals surface area (Å²) in [7, 11) is 0. The molecular weight excluding hydrogens is 246 g/mol. The zero-order valence-electron chi connectivity index (χ0n) is 12.0. The van der Waals surface area contributed by atoms with Crippen molar-refractivity contribution in [2.75, 3.05) is 13.1 Å². The van der Waals surface area contributed by atoms with Crippen molar-refractivity contribution in [2.45, 2.75) is 32.2 Å². The highest BCUT2D eigenvalue weighted by molar-refractivity contribution is 5.28. The molecule has 1 saturated heterocycles. The first-order chi connectivity index (χ1) is 9.81. The largest absolute Gasteiger partial charge is 0.298 e. The van der Waals surface area contributed by atoms with E-state index in [4.69, 9.17) is 0 Å². The van der Waals surface area contributed by atoms with Crippen LogP contribution in [0.5, 0.6) is 0 Å². The summed E-state index contributed by atoms with van der Waals surface area (Å²) < 4.78 is 0. The summed E-state index contributed by atoms with van der Waals surface area (Å²) in [4.78, 5) is 2.62. The topological polar surface area (TPSA) is 31.9 Å². The van der Waals surface area contributed by atoms with Gasteiger partial charge in [-0.05, 0) is 42.4 Å². The van der Waals surface area contributed by atoms with Crippen molar-refractivity contribution in [1.29, 1.82) is 0 Å². The van der Waals surface area contributed by atoms with E-state index in [1.54, 1.807) is 0 Å². The second-order valence-corrected chi connectivity index (χ2v) is 6.33. The molecule has 4 rings (SSSR count). The average molecular weight is 267 g/mol. The van der Waals surface area contributed by atoms with Gasteiger partial charge < -0.3 is 0 Å². The van der Waals surface area contributed by atoms with E-state index in [9.17, 15) is 0 Å². The molecule has 1 aromatic heterocycles. The van der Waals surface area contributed by atoms with Gasteiger partial charge in [0.2, 0.25) is 0 Å². The molecule has 3 nitrogen and oxygen atoms in total. The van der Waals surface area contributed by atoms with E-state index in [0.717, 1.165) is 12.5 Å². The van der Waals surface area contributed by atoms with Crippen LogP contribution in [0.2, 0.25) is 0 Å². The molecule has 2 atom stereocenters. The predicted octanol–water partition coefficient (Wildman–Crippen LogP) is 2.88. The van der Waals surface area contributed by atoms with Gasteiger partial charge in [-0.15, -0.1) is 0 Å². The van der Waals surface area contributed by atoms with Crippen LogP contribution in [-0.4, -0.2) is 28.2 Å². The molecule has 0 spiro atoms. The van der Waals surface area contributed by atoms with Crippen molar-refractivity contribution in [3.05, 3.63) is 52.8 Å². The third-order valence-electron chi connectivity index (χ3n) is 5.08. The van der Waals surface area contributed by atoms with Crippen molar-refractivity contribution < 1.29 is 0 Å². The first-order valence-corrected chi connectivity index (χ1v) is 7.60. The highest BCUT2D eigenvalue weighted by atomic mass is 15.2. The van der Waals surface area contributed by atoms with Gasteiger partial charge >= 0.3 is 0 Å². The number of aromatic nitrogens is 2. The monoisotopic (exact) mass is 267 g/mol. The Morgan fingerprint density at radius 3 is 3.10 bits per heavy atom. The number of hydrogen-bond donors (Lipinski definition) is 1. The molecule has 1 aliphatic heterocycles.